The number of oxime groups is 1. The Kier molecular flexibility index (Phi) is 5.82. The Balaban J connectivity index is 2.90. The van der Waals surface area contributed by atoms with Crippen LogP contribution in [0.25, 0.3) is 0 Å². The monoisotopic (exact) mass is 289 g/mol. The molecule has 3 N–H and O–H groups in total. The maximum atomic E-state index is 12.5. The molecule has 0 aliphatic carbocycles. The van der Waals surface area contributed by atoms with Gasteiger partial charge in [0.05, 0.1) is 12.5 Å². The quantitative estimate of drug-likeness (QED) is 0.366. The maximum absolute atomic E-state index is 12.5. The Bertz CT molecular complexity index is 434. The largest absolute Gasteiger partial charge is 0.409 e. The molecule has 0 spiro atoms. The number of hydrogen-bond donors (Lipinski definition) is 2. The van der Waals surface area contributed by atoms with Gasteiger partial charge < -0.3 is 10.9 Å². The first kappa shape index (κ1) is 16.3. The van der Waals surface area contributed by atoms with Crippen LogP contribution in [0.5, 0.6) is 0 Å². The van der Waals surface area contributed by atoms with Crippen molar-refractivity contribution < 1.29 is 18.4 Å². The van der Waals surface area contributed by atoms with E-state index in [9.17, 15) is 13.2 Å². The molecule has 112 valence electrons. The maximum Gasteiger partial charge on any atom is 0.401 e. The average molecular weight is 289 g/mol. The van der Waals surface area contributed by atoms with E-state index >= 15 is 0 Å². The Labute approximate surface area is 115 Å². The normalized spacial score (nSPS) is 14.6. The van der Waals surface area contributed by atoms with Crippen molar-refractivity contribution in [2.24, 2.45) is 10.9 Å². The van der Waals surface area contributed by atoms with Crippen molar-refractivity contribution in [1.82, 2.24) is 4.90 Å². The van der Waals surface area contributed by atoms with Gasteiger partial charge in [0.1, 0.15) is 5.84 Å². The zero-order valence-electron chi connectivity index (χ0n) is 11.1. The highest BCUT2D eigenvalue weighted by Gasteiger charge is 2.31. The van der Waals surface area contributed by atoms with Crippen LogP contribution >= 0.6 is 0 Å². The lowest BCUT2D eigenvalue weighted by Crippen LogP contribution is -2.40. The van der Waals surface area contributed by atoms with Crippen LogP contribution in [0.15, 0.2) is 35.5 Å². The van der Waals surface area contributed by atoms with E-state index < -0.39 is 18.6 Å². The SMILES string of the molecule is CCN(CC(C(N)=NO)c1ccccc1)CC(F)(F)F. The summed E-state index contributed by atoms with van der Waals surface area (Å²) >= 11 is 0. The molecule has 0 fully saturated rings. The number of amidine groups is 1. The van der Waals surface area contributed by atoms with Crippen molar-refractivity contribution in [2.45, 2.75) is 19.0 Å². The lowest BCUT2D eigenvalue weighted by Gasteiger charge is -2.26. The standard InChI is InChI=1S/C13H18F3N3O/c1-2-19(9-13(14,15)16)8-11(12(17)18-20)10-6-4-3-5-7-10/h3-7,11,20H,2,8-9H2,1H3,(H2,17,18). The summed E-state index contributed by atoms with van der Waals surface area (Å²) in [6.07, 6.45) is -4.28. The summed E-state index contributed by atoms with van der Waals surface area (Å²) in [4.78, 5) is 1.22. The van der Waals surface area contributed by atoms with Gasteiger partial charge >= 0.3 is 6.18 Å². The minimum atomic E-state index is -4.28. The number of hydrogen-bond acceptors (Lipinski definition) is 3. The van der Waals surface area contributed by atoms with Crippen LogP contribution in [0.1, 0.15) is 18.4 Å². The van der Waals surface area contributed by atoms with Crippen LogP contribution in [0, 0.1) is 0 Å². The Hall–Kier alpha value is -1.76. The topological polar surface area (TPSA) is 61.8 Å². The van der Waals surface area contributed by atoms with Crippen LogP contribution in [-0.2, 0) is 0 Å². The van der Waals surface area contributed by atoms with Crippen molar-refractivity contribution in [2.75, 3.05) is 19.6 Å². The molecule has 0 saturated heterocycles. The van der Waals surface area contributed by atoms with Gasteiger partial charge in [-0.25, -0.2) is 0 Å². The number of nitrogens with zero attached hydrogens (tertiary/aromatic N) is 2. The summed E-state index contributed by atoms with van der Waals surface area (Å²) in [5.41, 5.74) is 6.32. The lowest BCUT2D eigenvalue weighted by molar-refractivity contribution is -0.145. The predicted octanol–water partition coefficient (Wildman–Crippen LogP) is 2.40. The van der Waals surface area contributed by atoms with E-state index in [-0.39, 0.29) is 18.9 Å². The van der Waals surface area contributed by atoms with Gasteiger partial charge in [0, 0.05) is 6.54 Å². The van der Waals surface area contributed by atoms with Gasteiger partial charge in [-0.15, -0.1) is 0 Å². The minimum Gasteiger partial charge on any atom is -0.409 e. The van der Waals surface area contributed by atoms with Gasteiger partial charge in [0.25, 0.3) is 0 Å². The molecule has 0 aromatic heterocycles. The van der Waals surface area contributed by atoms with E-state index in [1.165, 1.54) is 4.90 Å². The highest BCUT2D eigenvalue weighted by Crippen LogP contribution is 2.21. The molecule has 0 radical (unpaired) electrons. The second kappa shape index (κ2) is 7.14. The molecule has 0 amide bonds. The second-order valence-electron chi connectivity index (χ2n) is 4.43. The molecular formula is C13H18F3N3O. The summed E-state index contributed by atoms with van der Waals surface area (Å²) < 4.78 is 37.4. The molecule has 0 bridgehead atoms. The third-order valence-corrected chi connectivity index (χ3v) is 2.97. The number of likely N-dealkylation sites (N-methyl/N-ethyl adjacent to an activating group) is 1. The molecule has 4 nitrogen and oxygen atoms in total. The Morgan fingerprint density at radius 1 is 1.35 bits per heavy atom. The van der Waals surface area contributed by atoms with Gasteiger partial charge in [-0.3, -0.25) is 4.90 Å². The van der Waals surface area contributed by atoms with Gasteiger partial charge in [-0.05, 0) is 12.1 Å². The minimum absolute atomic E-state index is 0.0376. The first-order valence-electron chi connectivity index (χ1n) is 6.18. The van der Waals surface area contributed by atoms with E-state index in [2.05, 4.69) is 5.16 Å². The zero-order valence-corrected chi connectivity index (χ0v) is 11.1. The van der Waals surface area contributed by atoms with Crippen molar-refractivity contribution in [3.8, 4) is 0 Å². The summed E-state index contributed by atoms with van der Waals surface area (Å²) in [5, 5.41) is 11.7. The van der Waals surface area contributed by atoms with Gasteiger partial charge in [-0.2, -0.15) is 13.2 Å². The van der Waals surface area contributed by atoms with Crippen LogP contribution in [-0.4, -0.2) is 41.8 Å². The smallest absolute Gasteiger partial charge is 0.401 e. The molecule has 1 aromatic rings. The molecule has 0 saturated carbocycles. The predicted molar refractivity (Wildman–Crippen MR) is 70.8 cm³/mol. The average Bonchev–Trinajstić information content (AvgIpc) is 2.42. The molecule has 1 aromatic carbocycles. The number of nitrogens with two attached hydrogens (primary N) is 1. The fraction of sp³-hybridized carbons (Fsp3) is 0.462. The van der Waals surface area contributed by atoms with Crippen molar-refractivity contribution >= 4 is 5.84 Å². The van der Waals surface area contributed by atoms with Crippen LogP contribution < -0.4 is 5.73 Å². The van der Waals surface area contributed by atoms with E-state index in [1.807, 2.05) is 0 Å². The third-order valence-electron chi connectivity index (χ3n) is 2.97. The molecule has 20 heavy (non-hydrogen) atoms. The fourth-order valence-electron chi connectivity index (χ4n) is 1.94. The highest BCUT2D eigenvalue weighted by molar-refractivity contribution is 5.87. The number of rotatable bonds is 6. The lowest BCUT2D eigenvalue weighted by atomic mass is 9.97. The Morgan fingerprint density at radius 3 is 2.40 bits per heavy atom. The molecule has 0 aliphatic heterocycles. The van der Waals surface area contributed by atoms with E-state index in [0.717, 1.165) is 0 Å². The van der Waals surface area contributed by atoms with Crippen LogP contribution in [0.2, 0.25) is 0 Å². The molecule has 1 rings (SSSR count). The van der Waals surface area contributed by atoms with Crippen LogP contribution in [0.4, 0.5) is 13.2 Å². The van der Waals surface area contributed by atoms with E-state index in [4.69, 9.17) is 10.9 Å². The molecule has 0 heterocycles. The first-order valence-corrected chi connectivity index (χ1v) is 6.18. The number of benzene rings is 1. The van der Waals surface area contributed by atoms with E-state index in [1.54, 1.807) is 37.3 Å². The molecule has 0 aliphatic rings. The van der Waals surface area contributed by atoms with Gasteiger partial charge in [0.15, 0.2) is 0 Å². The summed E-state index contributed by atoms with van der Waals surface area (Å²) in [5.74, 6) is -0.680. The van der Waals surface area contributed by atoms with Crippen LogP contribution in [0.3, 0.4) is 0 Å². The molecular weight excluding hydrogens is 271 g/mol. The van der Waals surface area contributed by atoms with Crippen molar-refractivity contribution in [1.29, 1.82) is 0 Å². The summed E-state index contributed by atoms with van der Waals surface area (Å²) in [6.45, 7) is 0.878. The number of alkyl halides is 3. The molecule has 1 unspecified atom stereocenters. The molecule has 1 atom stereocenters. The summed E-state index contributed by atoms with van der Waals surface area (Å²) in [6, 6.07) is 8.79. The fourth-order valence-corrected chi connectivity index (χ4v) is 1.94. The third kappa shape index (κ3) is 5.08. The summed E-state index contributed by atoms with van der Waals surface area (Å²) in [7, 11) is 0. The molecule has 7 heteroatoms. The zero-order chi connectivity index (χ0) is 15.2. The first-order chi connectivity index (χ1) is 9.37. The van der Waals surface area contributed by atoms with Crippen molar-refractivity contribution in [3.63, 3.8) is 0 Å². The van der Waals surface area contributed by atoms with E-state index in [0.29, 0.717) is 5.56 Å². The highest BCUT2D eigenvalue weighted by atomic mass is 19.4. The Morgan fingerprint density at radius 2 is 1.95 bits per heavy atom. The van der Waals surface area contributed by atoms with Gasteiger partial charge in [-0.1, -0.05) is 42.4 Å². The second-order valence-corrected chi connectivity index (χ2v) is 4.43. The number of halogens is 3. The van der Waals surface area contributed by atoms with Crippen molar-refractivity contribution in [3.05, 3.63) is 35.9 Å². The van der Waals surface area contributed by atoms with Gasteiger partial charge in [0.2, 0.25) is 0 Å².